The van der Waals surface area contributed by atoms with Crippen molar-refractivity contribution in [2.24, 2.45) is 0 Å². The maximum atomic E-state index is 12.9. The Morgan fingerprint density at radius 1 is 1.24 bits per heavy atom. The fraction of sp³-hybridized carbons (Fsp3) is 0.429. The fourth-order valence-corrected chi connectivity index (χ4v) is 4.65. The summed E-state index contributed by atoms with van der Waals surface area (Å²) >= 11 is 1.55. The number of para-hydroxylation sites is 2. The van der Waals surface area contributed by atoms with Crippen molar-refractivity contribution in [2.75, 3.05) is 26.2 Å². The van der Waals surface area contributed by atoms with Gasteiger partial charge in [0.05, 0.1) is 5.69 Å². The summed E-state index contributed by atoms with van der Waals surface area (Å²) in [6, 6.07) is 7.76. The van der Waals surface area contributed by atoms with Crippen LogP contribution in [0.2, 0.25) is 0 Å². The minimum atomic E-state index is 0.0229. The van der Waals surface area contributed by atoms with E-state index in [1.807, 2.05) is 45.1 Å². The lowest BCUT2D eigenvalue weighted by molar-refractivity contribution is 0.0785. The van der Waals surface area contributed by atoms with Crippen LogP contribution in [0, 0.1) is 0 Å². The number of hydrogen-bond donors (Lipinski definition) is 1. The van der Waals surface area contributed by atoms with Crippen LogP contribution in [0.15, 0.2) is 35.8 Å². The Bertz CT molecular complexity index is 1010. The molecule has 1 saturated heterocycles. The van der Waals surface area contributed by atoms with Crippen molar-refractivity contribution < 1.29 is 14.3 Å². The average Bonchev–Trinajstić information content (AvgIpc) is 3.49. The molecule has 0 saturated carbocycles. The Labute approximate surface area is 173 Å². The van der Waals surface area contributed by atoms with Crippen LogP contribution in [0.4, 0.5) is 0 Å². The first-order valence-electron chi connectivity index (χ1n) is 10.1. The largest absolute Gasteiger partial charge is 0.486 e. The molecule has 1 fully saturated rings. The molecule has 1 atom stereocenters. The van der Waals surface area contributed by atoms with Gasteiger partial charge >= 0.3 is 0 Å². The zero-order chi connectivity index (χ0) is 19.6. The summed E-state index contributed by atoms with van der Waals surface area (Å²) in [5, 5.41) is 5.46. The van der Waals surface area contributed by atoms with E-state index in [1.165, 1.54) is 0 Å². The molecule has 29 heavy (non-hydrogen) atoms. The molecule has 1 amide bonds. The third-order valence-corrected chi connectivity index (χ3v) is 6.22. The molecule has 7 nitrogen and oxygen atoms in total. The average molecular weight is 413 g/mol. The first kappa shape index (κ1) is 18.4. The number of carbonyl (C=O) groups is 1. The van der Waals surface area contributed by atoms with Gasteiger partial charge in [0.2, 0.25) is 0 Å². The number of ether oxygens (including phenoxy) is 2. The van der Waals surface area contributed by atoms with E-state index >= 15 is 0 Å². The third-order valence-electron chi connectivity index (χ3n) is 5.46. The number of thiazole rings is 1. The number of benzene rings is 1. The highest BCUT2D eigenvalue weighted by molar-refractivity contribution is 7.15. The summed E-state index contributed by atoms with van der Waals surface area (Å²) in [6.07, 6.45) is 4.99. The molecule has 1 N–H and O–H groups in total. The van der Waals surface area contributed by atoms with E-state index < -0.39 is 0 Å². The van der Waals surface area contributed by atoms with Crippen molar-refractivity contribution in [3.8, 4) is 11.5 Å². The smallest absolute Gasteiger partial charge is 0.274 e. The summed E-state index contributed by atoms with van der Waals surface area (Å²) in [6.45, 7) is 3.58. The Hall–Kier alpha value is -2.58. The van der Waals surface area contributed by atoms with E-state index in [1.54, 1.807) is 11.3 Å². The predicted octanol–water partition coefficient (Wildman–Crippen LogP) is 2.95. The van der Waals surface area contributed by atoms with Crippen LogP contribution in [0.3, 0.4) is 0 Å². The topological polar surface area (TPSA) is 68.1 Å². The van der Waals surface area contributed by atoms with Gasteiger partial charge in [-0.25, -0.2) is 4.98 Å². The Balaban J connectivity index is 1.21. The first-order valence-corrected chi connectivity index (χ1v) is 11.0. The molecule has 4 heterocycles. The number of nitrogens with one attached hydrogen (secondary N) is 1. The molecule has 152 valence electrons. The van der Waals surface area contributed by atoms with E-state index in [-0.39, 0.29) is 12.0 Å². The van der Waals surface area contributed by atoms with Gasteiger partial charge in [0.25, 0.3) is 5.91 Å². The molecule has 0 spiro atoms. The van der Waals surface area contributed by atoms with Crippen molar-refractivity contribution in [1.82, 2.24) is 19.6 Å². The first-order chi connectivity index (χ1) is 14.3. The van der Waals surface area contributed by atoms with Crippen LogP contribution in [0.5, 0.6) is 11.5 Å². The second-order valence-electron chi connectivity index (χ2n) is 7.43. The minimum absolute atomic E-state index is 0.0229. The van der Waals surface area contributed by atoms with Gasteiger partial charge in [-0.2, -0.15) is 0 Å². The van der Waals surface area contributed by atoms with Crippen LogP contribution >= 0.6 is 11.3 Å². The number of amides is 1. The quantitative estimate of drug-likeness (QED) is 0.631. The van der Waals surface area contributed by atoms with Gasteiger partial charge < -0.3 is 19.7 Å². The standard InChI is InChI=1S/C21H24N4O3S/c26-20(24-9-3-4-10-24)19-16(25-11-12-29-21(25)23-19)13-22-8-7-15-14-27-17-5-1-2-6-18(17)28-15/h1-2,5-6,11-12,15,22H,3-4,7-10,13-14H2. The second-order valence-corrected chi connectivity index (χ2v) is 8.30. The predicted molar refractivity (Wildman–Crippen MR) is 111 cm³/mol. The van der Waals surface area contributed by atoms with Crippen LogP contribution in [0.1, 0.15) is 35.4 Å². The molecule has 2 aromatic heterocycles. The molecule has 5 rings (SSSR count). The summed E-state index contributed by atoms with van der Waals surface area (Å²) in [7, 11) is 0. The maximum Gasteiger partial charge on any atom is 0.274 e. The summed E-state index contributed by atoms with van der Waals surface area (Å²) in [4.78, 5) is 20.3. The SMILES string of the molecule is O=C(c1nc2sccn2c1CNCCC1COc2ccccc2O1)N1CCCC1. The van der Waals surface area contributed by atoms with E-state index in [0.29, 0.717) is 18.8 Å². The highest BCUT2D eigenvalue weighted by Gasteiger charge is 2.26. The van der Waals surface area contributed by atoms with Gasteiger partial charge in [0, 0.05) is 37.6 Å². The number of carbonyl (C=O) groups excluding carboxylic acids is 1. The van der Waals surface area contributed by atoms with E-state index in [0.717, 1.165) is 61.1 Å². The lowest BCUT2D eigenvalue weighted by Crippen LogP contribution is -2.33. The molecule has 2 aliphatic heterocycles. The molecule has 1 aromatic carbocycles. The van der Waals surface area contributed by atoms with E-state index in [4.69, 9.17) is 9.47 Å². The lowest BCUT2D eigenvalue weighted by atomic mass is 10.2. The number of hydrogen-bond acceptors (Lipinski definition) is 6. The van der Waals surface area contributed by atoms with Crippen LogP contribution < -0.4 is 14.8 Å². The molecule has 3 aromatic rings. The zero-order valence-electron chi connectivity index (χ0n) is 16.2. The van der Waals surface area contributed by atoms with Crippen molar-refractivity contribution in [2.45, 2.75) is 31.9 Å². The molecular weight excluding hydrogens is 388 g/mol. The van der Waals surface area contributed by atoms with Gasteiger partial charge in [-0.3, -0.25) is 9.20 Å². The van der Waals surface area contributed by atoms with Gasteiger partial charge in [0.1, 0.15) is 12.7 Å². The van der Waals surface area contributed by atoms with Crippen LogP contribution in [0.25, 0.3) is 4.96 Å². The van der Waals surface area contributed by atoms with Crippen LogP contribution in [-0.4, -0.2) is 52.5 Å². The van der Waals surface area contributed by atoms with E-state index in [2.05, 4.69) is 10.3 Å². The van der Waals surface area contributed by atoms with Gasteiger partial charge in [0.15, 0.2) is 22.2 Å². The van der Waals surface area contributed by atoms with Crippen LogP contribution in [-0.2, 0) is 6.54 Å². The number of aromatic nitrogens is 2. The Kier molecular flexibility index (Phi) is 5.12. The van der Waals surface area contributed by atoms with Crippen molar-refractivity contribution >= 4 is 22.2 Å². The molecule has 0 aliphatic carbocycles. The normalized spacial score (nSPS) is 18.5. The Morgan fingerprint density at radius 3 is 2.93 bits per heavy atom. The number of nitrogens with zero attached hydrogens (tertiary/aromatic N) is 3. The number of likely N-dealkylation sites (tertiary alicyclic amines) is 1. The minimum Gasteiger partial charge on any atom is -0.486 e. The molecule has 1 unspecified atom stereocenters. The van der Waals surface area contributed by atoms with E-state index in [9.17, 15) is 4.79 Å². The molecular formula is C21H24N4O3S. The fourth-order valence-electron chi connectivity index (χ4n) is 3.92. The van der Waals surface area contributed by atoms with Gasteiger partial charge in [-0.15, -0.1) is 11.3 Å². The number of fused-ring (bicyclic) bond motifs is 2. The summed E-state index contributed by atoms with van der Waals surface area (Å²) in [5.74, 6) is 1.66. The molecule has 0 radical (unpaired) electrons. The van der Waals surface area contributed by atoms with Crippen molar-refractivity contribution in [1.29, 1.82) is 0 Å². The van der Waals surface area contributed by atoms with Gasteiger partial charge in [-0.1, -0.05) is 12.1 Å². The monoisotopic (exact) mass is 412 g/mol. The summed E-state index contributed by atoms with van der Waals surface area (Å²) < 4.78 is 13.8. The number of rotatable bonds is 6. The maximum absolute atomic E-state index is 12.9. The molecule has 8 heteroatoms. The van der Waals surface area contributed by atoms with Gasteiger partial charge in [-0.05, 0) is 31.5 Å². The third kappa shape index (κ3) is 3.70. The number of imidazole rings is 1. The van der Waals surface area contributed by atoms with Crippen molar-refractivity contribution in [3.63, 3.8) is 0 Å². The lowest BCUT2D eigenvalue weighted by Gasteiger charge is -2.26. The second kappa shape index (κ2) is 8.04. The Morgan fingerprint density at radius 2 is 2.07 bits per heavy atom. The van der Waals surface area contributed by atoms with Crippen molar-refractivity contribution in [3.05, 3.63) is 47.2 Å². The molecule has 2 aliphatic rings. The summed E-state index contributed by atoms with van der Waals surface area (Å²) in [5.41, 5.74) is 1.52. The highest BCUT2D eigenvalue weighted by atomic mass is 32.1. The zero-order valence-corrected chi connectivity index (χ0v) is 17.0. The highest BCUT2D eigenvalue weighted by Crippen LogP contribution is 2.31. The molecule has 0 bridgehead atoms.